The van der Waals surface area contributed by atoms with Crippen LogP contribution in [0.3, 0.4) is 0 Å². The Morgan fingerprint density at radius 1 is 1.45 bits per heavy atom. The van der Waals surface area contributed by atoms with Gasteiger partial charge in [-0.15, -0.1) is 0 Å². The number of ether oxygens (including phenoxy) is 1. The summed E-state index contributed by atoms with van der Waals surface area (Å²) in [6.07, 6.45) is 4.40. The summed E-state index contributed by atoms with van der Waals surface area (Å²) in [5.74, 6) is 3.42. The van der Waals surface area contributed by atoms with Crippen LogP contribution in [0.5, 0.6) is 0 Å². The summed E-state index contributed by atoms with van der Waals surface area (Å²) in [6.45, 7) is 4.93. The molecule has 0 aliphatic carbocycles. The zero-order chi connectivity index (χ0) is 14.4. The van der Waals surface area contributed by atoms with Crippen LogP contribution in [0.4, 0.5) is 11.6 Å². The van der Waals surface area contributed by atoms with Gasteiger partial charge >= 0.3 is 0 Å². The average Bonchev–Trinajstić information content (AvgIpc) is 2.48. The van der Waals surface area contributed by atoms with Crippen LogP contribution in [0.2, 0.25) is 0 Å². The summed E-state index contributed by atoms with van der Waals surface area (Å²) in [5.41, 5.74) is 0. The van der Waals surface area contributed by atoms with E-state index in [4.69, 9.17) is 4.74 Å². The van der Waals surface area contributed by atoms with Gasteiger partial charge in [0.25, 0.3) is 0 Å². The van der Waals surface area contributed by atoms with Gasteiger partial charge in [0.05, 0.1) is 6.61 Å². The SMILES string of the molecule is CCCc1nc(NC)cc(N(C)CC2CCCOC2)n1. The van der Waals surface area contributed by atoms with Crippen molar-refractivity contribution in [2.24, 2.45) is 5.92 Å². The van der Waals surface area contributed by atoms with Crippen LogP contribution >= 0.6 is 0 Å². The summed E-state index contributed by atoms with van der Waals surface area (Å²) >= 11 is 0. The van der Waals surface area contributed by atoms with Crippen molar-refractivity contribution in [1.29, 1.82) is 0 Å². The molecule has 1 aliphatic heterocycles. The lowest BCUT2D eigenvalue weighted by Gasteiger charge is -2.28. The van der Waals surface area contributed by atoms with E-state index in [0.29, 0.717) is 5.92 Å². The fraction of sp³-hybridized carbons (Fsp3) is 0.733. The van der Waals surface area contributed by atoms with Gasteiger partial charge in [-0.2, -0.15) is 0 Å². The van der Waals surface area contributed by atoms with Crippen LogP contribution in [0.15, 0.2) is 6.07 Å². The Kier molecular flexibility index (Phi) is 5.59. The van der Waals surface area contributed by atoms with E-state index in [1.54, 1.807) is 0 Å². The highest BCUT2D eigenvalue weighted by Gasteiger charge is 2.17. The topological polar surface area (TPSA) is 50.3 Å². The molecule has 5 nitrogen and oxygen atoms in total. The lowest BCUT2D eigenvalue weighted by molar-refractivity contribution is 0.0576. The van der Waals surface area contributed by atoms with E-state index < -0.39 is 0 Å². The Labute approximate surface area is 121 Å². The Hall–Kier alpha value is -1.36. The zero-order valence-corrected chi connectivity index (χ0v) is 12.9. The molecular formula is C15H26N4O. The molecule has 0 saturated carbocycles. The normalized spacial score (nSPS) is 18.9. The molecule has 2 rings (SSSR count). The molecule has 20 heavy (non-hydrogen) atoms. The van der Waals surface area contributed by atoms with E-state index in [9.17, 15) is 0 Å². The molecule has 1 aromatic heterocycles. The third-order valence-electron chi connectivity index (χ3n) is 3.67. The summed E-state index contributed by atoms with van der Waals surface area (Å²) < 4.78 is 5.55. The fourth-order valence-electron chi connectivity index (χ4n) is 2.57. The van der Waals surface area contributed by atoms with Crippen LogP contribution in [-0.4, -0.2) is 43.8 Å². The minimum atomic E-state index is 0.608. The Balaban J connectivity index is 2.06. The van der Waals surface area contributed by atoms with E-state index in [1.807, 2.05) is 13.1 Å². The summed E-state index contributed by atoms with van der Waals surface area (Å²) in [5, 5.41) is 3.12. The number of anilines is 2. The highest BCUT2D eigenvalue weighted by molar-refractivity contribution is 5.48. The van der Waals surface area contributed by atoms with Crippen molar-refractivity contribution in [3.63, 3.8) is 0 Å². The molecule has 0 amide bonds. The first-order chi connectivity index (χ1) is 9.72. The molecule has 0 bridgehead atoms. The van der Waals surface area contributed by atoms with Gasteiger partial charge in [0.2, 0.25) is 0 Å². The summed E-state index contributed by atoms with van der Waals surface area (Å²) in [6, 6.07) is 2.02. The Morgan fingerprint density at radius 3 is 2.95 bits per heavy atom. The number of nitrogens with zero attached hydrogens (tertiary/aromatic N) is 3. The molecule has 1 N–H and O–H groups in total. The van der Waals surface area contributed by atoms with Crippen molar-refractivity contribution in [2.45, 2.75) is 32.6 Å². The molecular weight excluding hydrogens is 252 g/mol. The molecule has 0 radical (unpaired) electrons. The molecule has 112 valence electrons. The van der Waals surface area contributed by atoms with Gasteiger partial charge in [-0.25, -0.2) is 9.97 Å². The minimum absolute atomic E-state index is 0.608. The monoisotopic (exact) mass is 278 g/mol. The number of hydrogen-bond donors (Lipinski definition) is 1. The first-order valence-corrected chi connectivity index (χ1v) is 7.57. The van der Waals surface area contributed by atoms with Crippen molar-refractivity contribution in [1.82, 2.24) is 9.97 Å². The van der Waals surface area contributed by atoms with E-state index in [0.717, 1.165) is 50.1 Å². The van der Waals surface area contributed by atoms with Crippen molar-refractivity contribution in [3.05, 3.63) is 11.9 Å². The van der Waals surface area contributed by atoms with E-state index >= 15 is 0 Å². The highest BCUT2D eigenvalue weighted by Crippen LogP contribution is 2.20. The number of nitrogens with one attached hydrogen (secondary N) is 1. The zero-order valence-electron chi connectivity index (χ0n) is 12.9. The number of aromatic nitrogens is 2. The summed E-state index contributed by atoms with van der Waals surface area (Å²) in [7, 11) is 4.00. The predicted molar refractivity (Wildman–Crippen MR) is 82.4 cm³/mol. The first-order valence-electron chi connectivity index (χ1n) is 7.57. The second-order valence-electron chi connectivity index (χ2n) is 5.49. The van der Waals surface area contributed by atoms with E-state index in [2.05, 4.69) is 34.2 Å². The van der Waals surface area contributed by atoms with Crippen LogP contribution < -0.4 is 10.2 Å². The van der Waals surface area contributed by atoms with Crippen LogP contribution in [0, 0.1) is 5.92 Å². The predicted octanol–water partition coefficient (Wildman–Crippen LogP) is 2.33. The Morgan fingerprint density at radius 2 is 2.30 bits per heavy atom. The van der Waals surface area contributed by atoms with E-state index in [1.165, 1.54) is 12.8 Å². The molecule has 1 saturated heterocycles. The second-order valence-corrected chi connectivity index (χ2v) is 5.49. The molecule has 2 heterocycles. The third-order valence-corrected chi connectivity index (χ3v) is 3.67. The highest BCUT2D eigenvalue weighted by atomic mass is 16.5. The van der Waals surface area contributed by atoms with Crippen LogP contribution in [0.25, 0.3) is 0 Å². The molecule has 1 fully saturated rings. The van der Waals surface area contributed by atoms with Crippen LogP contribution in [0.1, 0.15) is 32.0 Å². The third kappa shape index (κ3) is 4.07. The lowest BCUT2D eigenvalue weighted by Crippen LogP contribution is -2.31. The maximum atomic E-state index is 5.55. The van der Waals surface area contributed by atoms with Crippen LogP contribution in [-0.2, 0) is 11.2 Å². The largest absolute Gasteiger partial charge is 0.381 e. The van der Waals surface area contributed by atoms with Gasteiger partial charge in [-0.05, 0) is 25.2 Å². The lowest BCUT2D eigenvalue weighted by atomic mass is 10.0. The quantitative estimate of drug-likeness (QED) is 0.865. The van der Waals surface area contributed by atoms with Gasteiger partial charge in [0.15, 0.2) is 0 Å². The number of aryl methyl sites for hydroxylation is 1. The molecule has 0 aromatic carbocycles. The van der Waals surface area contributed by atoms with Gasteiger partial charge in [-0.1, -0.05) is 6.92 Å². The molecule has 1 unspecified atom stereocenters. The summed E-state index contributed by atoms with van der Waals surface area (Å²) in [4.78, 5) is 11.4. The van der Waals surface area contributed by atoms with Gasteiger partial charge in [-0.3, -0.25) is 0 Å². The second kappa shape index (κ2) is 7.43. The smallest absolute Gasteiger partial charge is 0.134 e. The van der Waals surface area contributed by atoms with Gasteiger partial charge in [0, 0.05) is 39.7 Å². The van der Waals surface area contributed by atoms with Crippen molar-refractivity contribution >= 4 is 11.6 Å². The molecule has 0 spiro atoms. The van der Waals surface area contributed by atoms with Crippen molar-refractivity contribution < 1.29 is 4.74 Å². The number of rotatable bonds is 6. The first kappa shape index (κ1) is 15.0. The Bertz CT molecular complexity index is 418. The molecule has 5 heteroatoms. The molecule has 1 aromatic rings. The molecule has 1 atom stereocenters. The van der Waals surface area contributed by atoms with Crippen molar-refractivity contribution in [3.8, 4) is 0 Å². The van der Waals surface area contributed by atoms with Gasteiger partial charge in [0.1, 0.15) is 17.5 Å². The van der Waals surface area contributed by atoms with Gasteiger partial charge < -0.3 is 15.0 Å². The number of hydrogen-bond acceptors (Lipinski definition) is 5. The molecule has 1 aliphatic rings. The maximum absolute atomic E-state index is 5.55. The standard InChI is InChI=1S/C15H26N4O/c1-4-6-13-17-14(16-2)9-15(18-13)19(3)10-12-7-5-8-20-11-12/h9,12H,4-8,10-11H2,1-3H3,(H,16,17,18). The maximum Gasteiger partial charge on any atom is 0.134 e. The van der Waals surface area contributed by atoms with Crippen molar-refractivity contribution in [2.75, 3.05) is 44.1 Å². The average molecular weight is 278 g/mol. The van der Waals surface area contributed by atoms with E-state index in [-0.39, 0.29) is 0 Å². The fourth-order valence-corrected chi connectivity index (χ4v) is 2.57. The minimum Gasteiger partial charge on any atom is -0.381 e.